The lowest BCUT2D eigenvalue weighted by atomic mass is 10.1. The van der Waals surface area contributed by atoms with E-state index in [4.69, 9.17) is 27.1 Å². The fourth-order valence-electron chi connectivity index (χ4n) is 2.90. The van der Waals surface area contributed by atoms with Crippen molar-refractivity contribution < 1.29 is 4.74 Å². The molecule has 2 fully saturated rings. The number of methoxy groups -OCH3 is 1. The van der Waals surface area contributed by atoms with Crippen LogP contribution in [0.2, 0.25) is 5.02 Å². The zero-order valence-electron chi connectivity index (χ0n) is 12.0. The van der Waals surface area contributed by atoms with Crippen LogP contribution in [0.5, 0.6) is 5.75 Å². The van der Waals surface area contributed by atoms with Gasteiger partial charge in [0.1, 0.15) is 23.1 Å². The second-order valence-electron chi connectivity index (χ2n) is 5.90. The van der Waals surface area contributed by atoms with Crippen LogP contribution in [0.15, 0.2) is 18.2 Å². The SMILES string of the molecule is COc1cccc(Cl)c1-c1nc(C2CC2)n(C2CC2)c1N. The van der Waals surface area contributed by atoms with Crippen LogP contribution in [0.1, 0.15) is 43.5 Å². The summed E-state index contributed by atoms with van der Waals surface area (Å²) in [4.78, 5) is 4.85. The molecule has 0 aliphatic heterocycles. The monoisotopic (exact) mass is 303 g/mol. The normalized spacial score (nSPS) is 18.0. The van der Waals surface area contributed by atoms with Gasteiger partial charge in [0, 0.05) is 12.0 Å². The number of ether oxygens (including phenoxy) is 1. The van der Waals surface area contributed by atoms with E-state index in [9.17, 15) is 0 Å². The Morgan fingerprint density at radius 2 is 2.05 bits per heavy atom. The lowest BCUT2D eigenvalue weighted by Gasteiger charge is -2.10. The number of nitrogens with two attached hydrogens (primary N) is 1. The van der Waals surface area contributed by atoms with Gasteiger partial charge >= 0.3 is 0 Å². The highest BCUT2D eigenvalue weighted by Crippen LogP contribution is 2.49. The Bertz CT molecular complexity index is 702. The highest BCUT2D eigenvalue weighted by Gasteiger charge is 2.37. The molecule has 1 aromatic carbocycles. The van der Waals surface area contributed by atoms with Crippen molar-refractivity contribution in [2.75, 3.05) is 12.8 Å². The predicted octanol–water partition coefficient (Wildman–Crippen LogP) is 4.01. The minimum absolute atomic E-state index is 0.523. The minimum atomic E-state index is 0.523. The Kier molecular flexibility index (Phi) is 2.89. The van der Waals surface area contributed by atoms with Gasteiger partial charge in [-0.2, -0.15) is 0 Å². The van der Waals surface area contributed by atoms with Gasteiger partial charge in [-0.25, -0.2) is 4.98 Å². The molecule has 1 aromatic heterocycles. The van der Waals surface area contributed by atoms with Crippen molar-refractivity contribution in [2.24, 2.45) is 0 Å². The molecule has 0 atom stereocenters. The smallest absolute Gasteiger partial charge is 0.132 e. The molecule has 2 aliphatic rings. The molecule has 0 bridgehead atoms. The second-order valence-corrected chi connectivity index (χ2v) is 6.30. The lowest BCUT2D eigenvalue weighted by molar-refractivity contribution is 0.416. The Balaban J connectivity index is 1.91. The Labute approximate surface area is 128 Å². The molecule has 2 aromatic rings. The van der Waals surface area contributed by atoms with Crippen molar-refractivity contribution in [3.8, 4) is 17.0 Å². The number of anilines is 1. The van der Waals surface area contributed by atoms with E-state index in [1.165, 1.54) is 25.7 Å². The molecule has 0 radical (unpaired) electrons. The summed E-state index contributed by atoms with van der Waals surface area (Å²) in [7, 11) is 1.64. The van der Waals surface area contributed by atoms with Crippen molar-refractivity contribution >= 4 is 17.4 Å². The largest absolute Gasteiger partial charge is 0.496 e. The lowest BCUT2D eigenvalue weighted by Crippen LogP contribution is -2.04. The standard InChI is InChI=1S/C16H18ClN3O/c1-21-12-4-2-3-11(17)13(12)14-15(18)20(10-7-8-10)16(19-14)9-5-6-9/h2-4,9-10H,5-8,18H2,1H3. The molecule has 2 saturated carbocycles. The molecule has 5 heteroatoms. The maximum Gasteiger partial charge on any atom is 0.132 e. The second kappa shape index (κ2) is 4.67. The fraction of sp³-hybridized carbons (Fsp3) is 0.438. The quantitative estimate of drug-likeness (QED) is 0.928. The number of nitrogen functional groups attached to an aromatic ring is 1. The van der Waals surface area contributed by atoms with Crippen molar-refractivity contribution in [2.45, 2.75) is 37.6 Å². The molecule has 0 unspecified atom stereocenters. The molecule has 2 N–H and O–H groups in total. The van der Waals surface area contributed by atoms with E-state index in [0.717, 1.165) is 28.6 Å². The molecule has 4 rings (SSSR count). The van der Waals surface area contributed by atoms with Crippen LogP contribution >= 0.6 is 11.6 Å². The Hall–Kier alpha value is -1.68. The number of halogens is 1. The van der Waals surface area contributed by atoms with Gasteiger partial charge < -0.3 is 15.0 Å². The molecule has 0 saturated heterocycles. The third-order valence-electron chi connectivity index (χ3n) is 4.26. The number of rotatable bonds is 4. The molecule has 4 nitrogen and oxygen atoms in total. The van der Waals surface area contributed by atoms with E-state index in [0.29, 0.717) is 17.0 Å². The molecule has 0 amide bonds. The summed E-state index contributed by atoms with van der Waals surface area (Å²) >= 11 is 6.38. The van der Waals surface area contributed by atoms with Crippen LogP contribution in [-0.2, 0) is 0 Å². The van der Waals surface area contributed by atoms with Crippen molar-refractivity contribution in [3.05, 3.63) is 29.0 Å². The van der Waals surface area contributed by atoms with E-state index in [2.05, 4.69) is 4.57 Å². The molecule has 110 valence electrons. The number of imidazole rings is 1. The third-order valence-corrected chi connectivity index (χ3v) is 4.58. The summed E-state index contributed by atoms with van der Waals surface area (Å²) in [6, 6.07) is 6.15. The van der Waals surface area contributed by atoms with Crippen LogP contribution in [0.25, 0.3) is 11.3 Å². The van der Waals surface area contributed by atoms with Crippen molar-refractivity contribution in [1.82, 2.24) is 9.55 Å². The van der Waals surface area contributed by atoms with Gasteiger partial charge in [-0.3, -0.25) is 0 Å². The molecule has 21 heavy (non-hydrogen) atoms. The van der Waals surface area contributed by atoms with Crippen molar-refractivity contribution in [3.63, 3.8) is 0 Å². The topological polar surface area (TPSA) is 53.1 Å². The number of hydrogen-bond acceptors (Lipinski definition) is 3. The van der Waals surface area contributed by atoms with Crippen LogP contribution in [0.3, 0.4) is 0 Å². The maximum absolute atomic E-state index is 6.42. The summed E-state index contributed by atoms with van der Waals surface area (Å²) in [5, 5.41) is 0.629. The van der Waals surface area contributed by atoms with Gasteiger partial charge in [0.25, 0.3) is 0 Å². The first-order chi connectivity index (χ1) is 10.2. The summed E-state index contributed by atoms with van der Waals surface area (Å²) in [5.74, 6) is 3.14. The van der Waals surface area contributed by atoms with Crippen LogP contribution in [0.4, 0.5) is 5.82 Å². The van der Waals surface area contributed by atoms with E-state index >= 15 is 0 Å². The van der Waals surface area contributed by atoms with Gasteiger partial charge in [0.05, 0.1) is 17.7 Å². The van der Waals surface area contributed by atoms with Gasteiger partial charge in [0.2, 0.25) is 0 Å². The molecular formula is C16H18ClN3O. The van der Waals surface area contributed by atoms with Crippen LogP contribution in [0, 0.1) is 0 Å². The molecule has 2 aliphatic carbocycles. The average molecular weight is 304 g/mol. The predicted molar refractivity (Wildman–Crippen MR) is 83.9 cm³/mol. The van der Waals surface area contributed by atoms with E-state index < -0.39 is 0 Å². The fourth-order valence-corrected chi connectivity index (χ4v) is 3.15. The van der Waals surface area contributed by atoms with Gasteiger partial charge in [-0.05, 0) is 37.8 Å². The number of hydrogen-bond donors (Lipinski definition) is 1. The number of aromatic nitrogens is 2. The maximum atomic E-state index is 6.42. The zero-order chi connectivity index (χ0) is 14.6. The third kappa shape index (κ3) is 2.09. The minimum Gasteiger partial charge on any atom is -0.496 e. The average Bonchev–Trinajstić information content (AvgIpc) is 3.37. The van der Waals surface area contributed by atoms with Gasteiger partial charge in [0.15, 0.2) is 0 Å². The number of benzene rings is 1. The molecular weight excluding hydrogens is 286 g/mol. The Morgan fingerprint density at radius 1 is 1.29 bits per heavy atom. The molecule has 1 heterocycles. The molecule has 0 spiro atoms. The summed E-state index contributed by atoms with van der Waals surface area (Å²) in [5.41, 5.74) is 8.00. The van der Waals surface area contributed by atoms with Gasteiger partial charge in [-0.1, -0.05) is 17.7 Å². The zero-order valence-corrected chi connectivity index (χ0v) is 12.7. The van der Waals surface area contributed by atoms with E-state index in [-0.39, 0.29) is 0 Å². The Morgan fingerprint density at radius 3 is 2.67 bits per heavy atom. The first-order valence-corrected chi connectivity index (χ1v) is 7.79. The summed E-state index contributed by atoms with van der Waals surface area (Å²) in [6.07, 6.45) is 4.81. The van der Waals surface area contributed by atoms with Crippen LogP contribution < -0.4 is 10.5 Å². The highest BCUT2D eigenvalue weighted by molar-refractivity contribution is 6.33. The van der Waals surface area contributed by atoms with Crippen molar-refractivity contribution in [1.29, 1.82) is 0 Å². The first kappa shape index (κ1) is 13.0. The van der Waals surface area contributed by atoms with Crippen LogP contribution in [-0.4, -0.2) is 16.7 Å². The first-order valence-electron chi connectivity index (χ1n) is 7.41. The van der Waals surface area contributed by atoms with E-state index in [1.807, 2.05) is 18.2 Å². The summed E-state index contributed by atoms with van der Waals surface area (Å²) in [6.45, 7) is 0. The highest BCUT2D eigenvalue weighted by atomic mass is 35.5. The summed E-state index contributed by atoms with van der Waals surface area (Å²) < 4.78 is 7.68. The number of nitrogens with zero attached hydrogens (tertiary/aromatic N) is 2. The van der Waals surface area contributed by atoms with E-state index in [1.54, 1.807) is 7.11 Å². The van der Waals surface area contributed by atoms with Gasteiger partial charge in [-0.15, -0.1) is 0 Å².